The number of hydrogen-bond acceptors (Lipinski definition) is 4. The SMILES string of the molecule is Cc1cc(C)cc(-c2nnc(CCNC(C)C)o2)c1. The van der Waals surface area contributed by atoms with Gasteiger partial charge in [0.15, 0.2) is 0 Å². The van der Waals surface area contributed by atoms with E-state index >= 15 is 0 Å². The standard InChI is InChI=1S/C15H21N3O/c1-10(2)16-6-5-14-17-18-15(19-14)13-8-11(3)7-12(4)9-13/h7-10,16H,5-6H2,1-4H3. The Kier molecular flexibility index (Phi) is 4.32. The van der Waals surface area contributed by atoms with E-state index in [0.717, 1.165) is 18.5 Å². The highest BCUT2D eigenvalue weighted by Gasteiger charge is 2.09. The van der Waals surface area contributed by atoms with Crippen molar-refractivity contribution in [3.63, 3.8) is 0 Å². The summed E-state index contributed by atoms with van der Waals surface area (Å²) in [5, 5.41) is 11.5. The molecule has 0 aliphatic heterocycles. The molecule has 0 unspecified atom stereocenters. The monoisotopic (exact) mass is 259 g/mol. The molecule has 1 aromatic carbocycles. The van der Waals surface area contributed by atoms with Crippen LogP contribution in [0.2, 0.25) is 0 Å². The quantitative estimate of drug-likeness (QED) is 0.897. The predicted octanol–water partition coefficient (Wildman–Crippen LogP) is 2.89. The summed E-state index contributed by atoms with van der Waals surface area (Å²) in [7, 11) is 0. The van der Waals surface area contributed by atoms with Gasteiger partial charge in [-0.05, 0) is 26.0 Å². The number of aromatic nitrogens is 2. The fourth-order valence-electron chi connectivity index (χ4n) is 2.04. The van der Waals surface area contributed by atoms with Gasteiger partial charge in [0.1, 0.15) is 0 Å². The van der Waals surface area contributed by atoms with E-state index in [-0.39, 0.29) is 0 Å². The molecular formula is C15H21N3O. The lowest BCUT2D eigenvalue weighted by Gasteiger charge is -2.04. The molecule has 2 rings (SSSR count). The van der Waals surface area contributed by atoms with Gasteiger partial charge >= 0.3 is 0 Å². The first kappa shape index (κ1) is 13.7. The smallest absolute Gasteiger partial charge is 0.247 e. The Morgan fingerprint density at radius 1 is 1.11 bits per heavy atom. The third kappa shape index (κ3) is 3.89. The van der Waals surface area contributed by atoms with Gasteiger partial charge in [-0.2, -0.15) is 0 Å². The summed E-state index contributed by atoms with van der Waals surface area (Å²) < 4.78 is 5.70. The second-order valence-electron chi connectivity index (χ2n) is 5.24. The molecule has 102 valence electrons. The van der Waals surface area contributed by atoms with E-state index in [1.165, 1.54) is 11.1 Å². The van der Waals surface area contributed by atoms with Crippen LogP contribution in [0.15, 0.2) is 22.6 Å². The molecule has 19 heavy (non-hydrogen) atoms. The van der Waals surface area contributed by atoms with E-state index in [4.69, 9.17) is 4.42 Å². The molecule has 1 heterocycles. The van der Waals surface area contributed by atoms with Gasteiger partial charge in [-0.15, -0.1) is 10.2 Å². The van der Waals surface area contributed by atoms with Crippen LogP contribution in [0.1, 0.15) is 30.9 Å². The zero-order valence-corrected chi connectivity index (χ0v) is 12.0. The third-order valence-corrected chi connectivity index (χ3v) is 2.83. The van der Waals surface area contributed by atoms with E-state index in [2.05, 4.69) is 61.4 Å². The fourth-order valence-corrected chi connectivity index (χ4v) is 2.04. The van der Waals surface area contributed by atoms with Crippen molar-refractivity contribution in [1.82, 2.24) is 15.5 Å². The summed E-state index contributed by atoms with van der Waals surface area (Å²) in [5.74, 6) is 1.29. The summed E-state index contributed by atoms with van der Waals surface area (Å²) in [5.41, 5.74) is 3.40. The largest absolute Gasteiger partial charge is 0.421 e. The van der Waals surface area contributed by atoms with Crippen molar-refractivity contribution < 1.29 is 4.42 Å². The molecule has 1 N–H and O–H groups in total. The van der Waals surface area contributed by atoms with Crippen LogP contribution in [0.3, 0.4) is 0 Å². The molecule has 4 heteroatoms. The van der Waals surface area contributed by atoms with E-state index in [1.54, 1.807) is 0 Å². The number of aryl methyl sites for hydroxylation is 2. The zero-order valence-electron chi connectivity index (χ0n) is 12.0. The Morgan fingerprint density at radius 3 is 2.42 bits per heavy atom. The van der Waals surface area contributed by atoms with Gasteiger partial charge in [0.05, 0.1) is 0 Å². The minimum atomic E-state index is 0.474. The molecule has 0 amide bonds. The maximum absolute atomic E-state index is 5.70. The lowest BCUT2D eigenvalue weighted by atomic mass is 10.1. The highest BCUT2D eigenvalue weighted by molar-refractivity contribution is 5.55. The second-order valence-corrected chi connectivity index (χ2v) is 5.24. The van der Waals surface area contributed by atoms with Crippen molar-refractivity contribution in [1.29, 1.82) is 0 Å². The van der Waals surface area contributed by atoms with E-state index in [1.807, 2.05) is 0 Å². The van der Waals surface area contributed by atoms with Crippen LogP contribution in [0.5, 0.6) is 0 Å². The van der Waals surface area contributed by atoms with Gasteiger partial charge in [-0.25, -0.2) is 0 Å². The van der Waals surface area contributed by atoms with Gasteiger partial charge in [0.2, 0.25) is 11.8 Å². The summed E-state index contributed by atoms with van der Waals surface area (Å²) >= 11 is 0. The van der Waals surface area contributed by atoms with Crippen molar-refractivity contribution >= 4 is 0 Å². The van der Waals surface area contributed by atoms with Crippen LogP contribution in [0.4, 0.5) is 0 Å². The molecule has 0 bridgehead atoms. The average molecular weight is 259 g/mol. The maximum Gasteiger partial charge on any atom is 0.247 e. The minimum Gasteiger partial charge on any atom is -0.421 e. The van der Waals surface area contributed by atoms with Crippen molar-refractivity contribution in [2.24, 2.45) is 0 Å². The molecule has 2 aromatic rings. The van der Waals surface area contributed by atoms with Crippen LogP contribution >= 0.6 is 0 Å². The first-order chi connectivity index (χ1) is 9.04. The first-order valence-electron chi connectivity index (χ1n) is 6.69. The Morgan fingerprint density at radius 2 is 1.79 bits per heavy atom. The lowest BCUT2D eigenvalue weighted by Crippen LogP contribution is -2.25. The Labute approximate surface area is 114 Å². The number of hydrogen-bond donors (Lipinski definition) is 1. The van der Waals surface area contributed by atoms with E-state index in [0.29, 0.717) is 17.8 Å². The Balaban J connectivity index is 2.07. The van der Waals surface area contributed by atoms with Gasteiger partial charge in [0.25, 0.3) is 0 Å². The molecule has 0 aliphatic rings. The maximum atomic E-state index is 5.70. The van der Waals surface area contributed by atoms with Crippen LogP contribution in [-0.2, 0) is 6.42 Å². The number of nitrogens with zero attached hydrogens (tertiary/aromatic N) is 2. The lowest BCUT2D eigenvalue weighted by molar-refractivity contribution is 0.484. The average Bonchev–Trinajstić information content (AvgIpc) is 2.76. The molecule has 0 aliphatic carbocycles. The summed E-state index contributed by atoms with van der Waals surface area (Å²) in [6.07, 6.45) is 0.760. The van der Waals surface area contributed by atoms with Gasteiger partial charge < -0.3 is 9.73 Å². The topological polar surface area (TPSA) is 51.0 Å². The van der Waals surface area contributed by atoms with Crippen molar-refractivity contribution in [2.45, 2.75) is 40.2 Å². The predicted molar refractivity (Wildman–Crippen MR) is 76.1 cm³/mol. The van der Waals surface area contributed by atoms with E-state index < -0.39 is 0 Å². The minimum absolute atomic E-state index is 0.474. The Bertz CT molecular complexity index is 526. The summed E-state index contributed by atoms with van der Waals surface area (Å²) in [6.45, 7) is 9.23. The molecule has 1 aromatic heterocycles. The van der Waals surface area contributed by atoms with Gasteiger partial charge in [-0.1, -0.05) is 31.0 Å². The molecule has 0 fully saturated rings. The number of rotatable bonds is 5. The summed E-state index contributed by atoms with van der Waals surface area (Å²) in [4.78, 5) is 0. The first-order valence-corrected chi connectivity index (χ1v) is 6.69. The molecule has 0 spiro atoms. The molecule has 4 nitrogen and oxygen atoms in total. The van der Waals surface area contributed by atoms with Crippen molar-refractivity contribution in [3.05, 3.63) is 35.2 Å². The van der Waals surface area contributed by atoms with Gasteiger partial charge in [-0.3, -0.25) is 0 Å². The molecule has 0 saturated heterocycles. The fraction of sp³-hybridized carbons (Fsp3) is 0.467. The van der Waals surface area contributed by atoms with Crippen LogP contribution in [-0.4, -0.2) is 22.8 Å². The second kappa shape index (κ2) is 5.97. The molecule has 0 atom stereocenters. The molecule has 0 saturated carbocycles. The third-order valence-electron chi connectivity index (χ3n) is 2.83. The highest BCUT2D eigenvalue weighted by atomic mass is 16.4. The molecular weight excluding hydrogens is 238 g/mol. The zero-order chi connectivity index (χ0) is 13.8. The van der Waals surface area contributed by atoms with Gasteiger partial charge in [0, 0.05) is 24.6 Å². The number of nitrogens with one attached hydrogen (secondary N) is 1. The highest BCUT2D eigenvalue weighted by Crippen LogP contribution is 2.20. The van der Waals surface area contributed by atoms with Crippen LogP contribution in [0.25, 0.3) is 11.5 Å². The van der Waals surface area contributed by atoms with Crippen molar-refractivity contribution in [2.75, 3.05) is 6.54 Å². The van der Waals surface area contributed by atoms with Crippen LogP contribution < -0.4 is 5.32 Å². The van der Waals surface area contributed by atoms with E-state index in [9.17, 15) is 0 Å². The van der Waals surface area contributed by atoms with Crippen molar-refractivity contribution in [3.8, 4) is 11.5 Å². The molecule has 0 radical (unpaired) electrons. The number of benzene rings is 1. The summed E-state index contributed by atoms with van der Waals surface area (Å²) in [6, 6.07) is 6.74. The normalized spacial score (nSPS) is 11.2. The Hall–Kier alpha value is -1.68. The van der Waals surface area contributed by atoms with Crippen LogP contribution in [0, 0.1) is 13.8 Å².